The number of para-hydroxylation sites is 1. The Bertz CT molecular complexity index is 1580. The molecule has 0 unspecified atom stereocenters. The molecular weight excluding hydrogens is 492 g/mol. The number of benzene rings is 2. The number of fused-ring (bicyclic) bond motifs is 1. The summed E-state index contributed by atoms with van der Waals surface area (Å²) >= 11 is 0. The Kier molecular flexibility index (Phi) is 6.86. The van der Waals surface area contributed by atoms with Crippen LogP contribution in [0.25, 0.3) is 22.0 Å². The van der Waals surface area contributed by atoms with Crippen molar-refractivity contribution in [3.05, 3.63) is 84.6 Å². The van der Waals surface area contributed by atoms with Crippen molar-refractivity contribution in [3.8, 4) is 22.6 Å². The number of nitrogens with one attached hydrogen (secondary N) is 3. The lowest BCUT2D eigenvalue weighted by Crippen LogP contribution is -2.38. The molecule has 0 atom stereocenters. The number of carbonyl (C=O) groups excluding carboxylic acids is 2. The number of hydrogen-bond acceptors (Lipinski definition) is 6. The third-order valence-electron chi connectivity index (χ3n) is 7.04. The average Bonchev–Trinajstić information content (AvgIpc) is 3.64. The molecule has 0 spiro atoms. The first-order valence-electron chi connectivity index (χ1n) is 13.2. The Morgan fingerprint density at radius 1 is 0.897 bits per heavy atom. The molecule has 6 rings (SSSR count). The number of nitrogens with zero attached hydrogens (tertiary/aromatic N) is 3. The van der Waals surface area contributed by atoms with Gasteiger partial charge >= 0.3 is 0 Å². The number of allylic oxidation sites excluding steroid dienone is 1. The van der Waals surface area contributed by atoms with Crippen LogP contribution in [0, 0.1) is 0 Å². The van der Waals surface area contributed by atoms with Gasteiger partial charge in [-0.05, 0) is 55.2 Å². The lowest BCUT2D eigenvalue weighted by Gasteiger charge is -2.16. The fourth-order valence-electron chi connectivity index (χ4n) is 4.97. The van der Waals surface area contributed by atoms with Crippen LogP contribution in [0.15, 0.2) is 83.9 Å². The molecule has 2 aliphatic rings. The van der Waals surface area contributed by atoms with E-state index in [-0.39, 0.29) is 23.6 Å². The topological polar surface area (TPSA) is 121 Å². The van der Waals surface area contributed by atoms with E-state index in [1.54, 1.807) is 18.6 Å². The van der Waals surface area contributed by atoms with E-state index < -0.39 is 0 Å². The summed E-state index contributed by atoms with van der Waals surface area (Å²) in [5.74, 6) is 0.897. The summed E-state index contributed by atoms with van der Waals surface area (Å²) in [5, 5.41) is 13.9. The van der Waals surface area contributed by atoms with Gasteiger partial charge in [0.15, 0.2) is 5.69 Å². The van der Waals surface area contributed by atoms with E-state index in [2.05, 4.69) is 30.8 Å². The quantitative estimate of drug-likeness (QED) is 0.306. The Balaban J connectivity index is 1.17. The van der Waals surface area contributed by atoms with Crippen LogP contribution in [0.2, 0.25) is 0 Å². The largest absolute Gasteiger partial charge is 0.456 e. The second-order valence-corrected chi connectivity index (χ2v) is 9.80. The minimum absolute atomic E-state index is 0.109. The van der Waals surface area contributed by atoms with Crippen molar-refractivity contribution < 1.29 is 14.3 Å². The van der Waals surface area contributed by atoms with Gasteiger partial charge in [0.05, 0.1) is 11.7 Å². The standard InChI is InChI=1S/C30H28N6O3/c37-29(33-21-6-4-5-7-21)27-13-11-22(17-32-27)34-30(38)28-25-15-19(10-12-26(25)35-36-28)20-14-24(18-31-16-20)39-23-8-2-1-3-9-23/h1-3,8-10,12,14-18,21H,4-7,11,13H2,(H,33,37)(H,34,38)(H,35,36). The number of carbonyl (C=O) groups is 2. The van der Waals surface area contributed by atoms with E-state index >= 15 is 0 Å². The number of aliphatic imine (C=N–C) groups is 1. The summed E-state index contributed by atoms with van der Waals surface area (Å²) < 4.78 is 5.93. The molecule has 2 aromatic carbocycles. The van der Waals surface area contributed by atoms with Crippen molar-refractivity contribution in [1.29, 1.82) is 0 Å². The fourth-order valence-corrected chi connectivity index (χ4v) is 4.97. The molecular formula is C30H28N6O3. The van der Waals surface area contributed by atoms with Gasteiger partial charge < -0.3 is 15.4 Å². The summed E-state index contributed by atoms with van der Waals surface area (Å²) in [6.45, 7) is 0. The zero-order valence-corrected chi connectivity index (χ0v) is 21.3. The molecule has 9 nitrogen and oxygen atoms in total. The third kappa shape index (κ3) is 5.57. The maximum Gasteiger partial charge on any atom is 0.276 e. The predicted octanol–water partition coefficient (Wildman–Crippen LogP) is 5.28. The molecule has 3 heterocycles. The summed E-state index contributed by atoms with van der Waals surface area (Å²) in [6, 6.07) is 17.4. The molecule has 0 bridgehead atoms. The number of pyridine rings is 1. The molecule has 0 radical (unpaired) electrons. The number of rotatable bonds is 7. The molecule has 1 aliphatic carbocycles. The molecule has 4 aromatic rings. The lowest BCUT2D eigenvalue weighted by atomic mass is 10.0. The Hall–Kier alpha value is -4.79. The lowest BCUT2D eigenvalue weighted by molar-refractivity contribution is -0.115. The second kappa shape index (κ2) is 10.9. The zero-order valence-electron chi connectivity index (χ0n) is 21.3. The highest BCUT2D eigenvalue weighted by atomic mass is 16.5. The Morgan fingerprint density at radius 2 is 1.74 bits per heavy atom. The molecule has 1 saturated carbocycles. The van der Waals surface area contributed by atoms with E-state index in [1.165, 1.54) is 0 Å². The van der Waals surface area contributed by atoms with E-state index in [1.807, 2.05) is 54.6 Å². The first-order chi connectivity index (χ1) is 19.1. The van der Waals surface area contributed by atoms with Gasteiger partial charge in [-0.2, -0.15) is 5.10 Å². The second-order valence-electron chi connectivity index (χ2n) is 9.80. The first-order valence-corrected chi connectivity index (χ1v) is 13.2. The van der Waals surface area contributed by atoms with Gasteiger partial charge in [-0.25, -0.2) is 0 Å². The van der Waals surface area contributed by atoms with Crippen LogP contribution in [-0.2, 0) is 4.79 Å². The van der Waals surface area contributed by atoms with Crippen molar-refractivity contribution in [1.82, 2.24) is 25.8 Å². The van der Waals surface area contributed by atoms with Gasteiger partial charge in [0.1, 0.15) is 17.2 Å². The van der Waals surface area contributed by atoms with Crippen LogP contribution in [0.4, 0.5) is 0 Å². The van der Waals surface area contributed by atoms with Crippen LogP contribution < -0.4 is 15.4 Å². The smallest absolute Gasteiger partial charge is 0.276 e. The molecule has 0 saturated heterocycles. The van der Waals surface area contributed by atoms with E-state index in [0.29, 0.717) is 35.4 Å². The van der Waals surface area contributed by atoms with Crippen molar-refractivity contribution >= 4 is 28.4 Å². The number of hydrogen-bond donors (Lipinski definition) is 3. The number of amides is 2. The highest BCUT2D eigenvalue weighted by molar-refractivity contribution is 6.39. The molecule has 196 valence electrons. The maximum absolute atomic E-state index is 13.1. The molecule has 39 heavy (non-hydrogen) atoms. The summed E-state index contributed by atoms with van der Waals surface area (Å²) in [6.07, 6.45) is 10.3. The molecule has 1 aliphatic heterocycles. The van der Waals surface area contributed by atoms with Gasteiger partial charge in [0.25, 0.3) is 11.8 Å². The van der Waals surface area contributed by atoms with E-state index in [0.717, 1.165) is 48.1 Å². The monoisotopic (exact) mass is 520 g/mol. The Labute approximate surface area is 225 Å². The number of H-pyrrole nitrogens is 1. The van der Waals surface area contributed by atoms with Gasteiger partial charge in [0, 0.05) is 41.5 Å². The first kappa shape index (κ1) is 24.5. The van der Waals surface area contributed by atoms with Crippen molar-refractivity contribution in [3.63, 3.8) is 0 Å². The minimum atomic E-state index is -0.335. The number of aromatic amines is 1. The molecule has 9 heteroatoms. The van der Waals surface area contributed by atoms with E-state index in [4.69, 9.17) is 4.74 Å². The molecule has 1 fully saturated rings. The number of ether oxygens (including phenoxy) is 1. The van der Waals surface area contributed by atoms with Gasteiger partial charge in [-0.15, -0.1) is 0 Å². The summed E-state index contributed by atoms with van der Waals surface area (Å²) in [4.78, 5) is 34.3. The van der Waals surface area contributed by atoms with Gasteiger partial charge in [-0.1, -0.05) is 37.1 Å². The van der Waals surface area contributed by atoms with Crippen LogP contribution >= 0.6 is 0 Å². The summed E-state index contributed by atoms with van der Waals surface area (Å²) in [7, 11) is 0. The van der Waals surface area contributed by atoms with Crippen molar-refractivity contribution in [2.45, 2.75) is 44.6 Å². The highest BCUT2D eigenvalue weighted by Gasteiger charge is 2.23. The fraction of sp³-hybridized carbons (Fsp3) is 0.233. The molecule has 2 amide bonds. The van der Waals surface area contributed by atoms with Gasteiger partial charge in [-0.3, -0.25) is 24.7 Å². The predicted molar refractivity (Wildman–Crippen MR) is 148 cm³/mol. The van der Waals surface area contributed by atoms with Crippen LogP contribution in [0.1, 0.15) is 49.0 Å². The van der Waals surface area contributed by atoms with Crippen LogP contribution in [0.5, 0.6) is 11.5 Å². The normalized spacial score (nSPS) is 15.5. The number of aromatic nitrogens is 3. The van der Waals surface area contributed by atoms with E-state index in [9.17, 15) is 9.59 Å². The Morgan fingerprint density at radius 3 is 2.54 bits per heavy atom. The van der Waals surface area contributed by atoms with Crippen LogP contribution in [-0.4, -0.2) is 38.7 Å². The maximum atomic E-state index is 13.1. The SMILES string of the molecule is O=C(NC1CCCC1)C1=NC=C(NC(=O)c2n[nH]c3ccc(-c4cncc(Oc5ccccc5)c4)cc23)CC1. The molecule has 3 N–H and O–H groups in total. The third-order valence-corrected chi connectivity index (χ3v) is 7.04. The summed E-state index contributed by atoms with van der Waals surface area (Å²) in [5.41, 5.74) is 3.91. The van der Waals surface area contributed by atoms with Crippen molar-refractivity contribution in [2.24, 2.45) is 4.99 Å². The van der Waals surface area contributed by atoms with Crippen molar-refractivity contribution in [2.75, 3.05) is 0 Å². The zero-order chi connectivity index (χ0) is 26.6. The highest BCUT2D eigenvalue weighted by Crippen LogP contribution is 2.29. The van der Waals surface area contributed by atoms with Crippen LogP contribution in [0.3, 0.4) is 0 Å². The van der Waals surface area contributed by atoms with Gasteiger partial charge in [0.2, 0.25) is 0 Å². The minimum Gasteiger partial charge on any atom is -0.456 e. The average molecular weight is 521 g/mol. The molecule has 2 aromatic heterocycles.